The van der Waals surface area contributed by atoms with Gasteiger partial charge in [-0.1, -0.05) is 0 Å². The van der Waals surface area contributed by atoms with Crippen molar-refractivity contribution >= 4 is 0 Å². The zero-order chi connectivity index (χ0) is 22.2. The van der Waals surface area contributed by atoms with Crippen LogP contribution in [0.3, 0.4) is 0 Å². The van der Waals surface area contributed by atoms with Crippen LogP contribution >= 0.6 is 0 Å². The first-order chi connectivity index (χ1) is 11.7. The molecule has 4 heteroatoms. The van der Waals surface area contributed by atoms with Crippen LogP contribution in [0.15, 0.2) is 26.3 Å². The summed E-state index contributed by atoms with van der Waals surface area (Å²) in [5, 5.41) is 0. The quantitative estimate of drug-likeness (QED) is 0.343. The highest BCUT2D eigenvalue weighted by atomic mass is 15.5. The molecule has 0 saturated carbocycles. The van der Waals surface area contributed by atoms with Crippen LogP contribution in [-0.2, 0) is 0 Å². The fraction of sp³-hybridized carbons (Fsp3) is 0.818. The van der Waals surface area contributed by atoms with Gasteiger partial charge in [-0.05, 0) is 27.7 Å². The largest absolute Gasteiger partial charge is 0.284 e. The fourth-order valence-corrected chi connectivity index (χ4v) is 3.12. The van der Waals surface area contributed by atoms with E-state index in [4.69, 9.17) is 0 Å². The van der Waals surface area contributed by atoms with E-state index in [2.05, 4.69) is 110 Å². The second kappa shape index (κ2) is 15.4. The molecule has 0 N–H and O–H groups in total. The molecule has 0 heterocycles. The first-order valence-electron chi connectivity index (χ1n) is 9.94. The molecule has 0 aromatic heterocycles. The van der Waals surface area contributed by atoms with Crippen LogP contribution < -0.4 is 0 Å². The maximum atomic E-state index is 3.00. The average molecular weight is 377 g/mol. The van der Waals surface area contributed by atoms with Gasteiger partial charge in [0.05, 0.1) is 82.6 Å². The van der Waals surface area contributed by atoms with E-state index < -0.39 is 0 Å². The Kier molecular flexibility index (Phi) is 19.5. The van der Waals surface area contributed by atoms with E-state index in [0.29, 0.717) is 0 Å². The summed E-state index contributed by atoms with van der Waals surface area (Å²) in [4.78, 5) is 0. The van der Waals surface area contributed by atoms with Crippen LogP contribution in [0, 0.1) is 0 Å². The number of nitrogens with zero attached hydrogens (tertiary/aromatic N) is 4. The summed E-state index contributed by atoms with van der Waals surface area (Å²) in [5.74, 6) is 0. The normalized spacial score (nSPS) is 11.8. The van der Waals surface area contributed by atoms with Crippen LogP contribution in [0.1, 0.15) is 27.7 Å². The van der Waals surface area contributed by atoms with Crippen molar-refractivity contribution in [1.82, 2.24) is 0 Å². The van der Waals surface area contributed by atoms with Crippen molar-refractivity contribution in [3.8, 4) is 0 Å². The maximum Gasteiger partial charge on any atom is 0.206 e. The second-order valence-electron chi connectivity index (χ2n) is 9.41. The second-order valence-corrected chi connectivity index (χ2v) is 9.41. The van der Waals surface area contributed by atoms with E-state index in [1.54, 1.807) is 0 Å². The predicted octanol–water partition coefficient (Wildman–Crippen LogP) is 3.88. The summed E-state index contributed by atoms with van der Waals surface area (Å²) in [5.41, 5.74) is 0. The van der Waals surface area contributed by atoms with Crippen molar-refractivity contribution in [3.63, 3.8) is 0 Å². The fourth-order valence-electron chi connectivity index (χ4n) is 3.12. The smallest absolute Gasteiger partial charge is 0.206 e. The van der Waals surface area contributed by atoms with Crippen molar-refractivity contribution in [2.45, 2.75) is 27.7 Å². The van der Waals surface area contributed by atoms with Gasteiger partial charge in [-0.15, -0.1) is 26.3 Å². The minimum absolute atomic E-state index is 1.04. The molecule has 0 aromatic carbocycles. The van der Waals surface area contributed by atoms with E-state index in [1.807, 2.05) is 0 Å². The summed E-state index contributed by atoms with van der Waals surface area (Å²) < 4.78 is 4.45. The van der Waals surface area contributed by atoms with Crippen molar-refractivity contribution in [1.29, 1.82) is 0 Å². The van der Waals surface area contributed by atoms with Crippen LogP contribution in [0.5, 0.6) is 0 Å². The van der Waals surface area contributed by atoms with E-state index >= 15 is 0 Å². The molecular weight excluding hydrogens is 320 g/mol. The summed E-state index contributed by atoms with van der Waals surface area (Å²) in [6.07, 6.45) is 0. The lowest BCUT2D eigenvalue weighted by molar-refractivity contribution is -1.08. The molecule has 0 bridgehead atoms. The Balaban J connectivity index is -0.000000157. The van der Waals surface area contributed by atoms with Crippen LogP contribution in [0.25, 0.3) is 0 Å². The molecule has 0 unspecified atom stereocenters. The Morgan fingerprint density at radius 2 is 0.731 bits per heavy atom. The molecule has 0 rings (SSSR count). The molecule has 26 heavy (non-hydrogen) atoms. The van der Waals surface area contributed by atoms with E-state index in [0.717, 1.165) is 13.4 Å². The first kappa shape index (κ1) is 32.9. The van der Waals surface area contributed by atoms with Gasteiger partial charge in [-0.3, -0.25) is 17.9 Å². The Bertz CT molecular complexity index is 297. The van der Waals surface area contributed by atoms with Crippen LogP contribution in [0.4, 0.5) is 0 Å². The van der Waals surface area contributed by atoms with Gasteiger partial charge in [-0.25, -0.2) is 0 Å². The van der Waals surface area contributed by atoms with Gasteiger partial charge in [0.2, 0.25) is 13.3 Å². The van der Waals surface area contributed by atoms with Crippen molar-refractivity contribution < 1.29 is 17.9 Å². The molecule has 0 aliphatic heterocycles. The van der Waals surface area contributed by atoms with E-state index in [1.165, 1.54) is 44.0 Å². The first-order valence-corrected chi connectivity index (χ1v) is 9.94. The van der Waals surface area contributed by atoms with Gasteiger partial charge >= 0.3 is 0 Å². The molecule has 0 fully saturated rings. The third-order valence-electron chi connectivity index (χ3n) is 4.40. The minimum Gasteiger partial charge on any atom is -0.284 e. The molecule has 4 nitrogen and oxygen atoms in total. The van der Waals surface area contributed by atoms with Gasteiger partial charge in [0, 0.05) is 0 Å². The Labute approximate surface area is 168 Å². The van der Waals surface area contributed by atoms with Gasteiger partial charge in [0.1, 0.15) is 0 Å². The summed E-state index contributed by atoms with van der Waals surface area (Å²) in [7, 11) is 18.0. The van der Waals surface area contributed by atoms with E-state index in [9.17, 15) is 0 Å². The highest BCUT2D eigenvalue weighted by molar-refractivity contribution is 4.30. The van der Waals surface area contributed by atoms with Gasteiger partial charge < -0.3 is 0 Å². The van der Waals surface area contributed by atoms with Crippen molar-refractivity contribution in [3.05, 3.63) is 26.3 Å². The minimum atomic E-state index is 1.04. The van der Waals surface area contributed by atoms with Crippen molar-refractivity contribution in [2.24, 2.45) is 0 Å². The maximum absolute atomic E-state index is 3.00. The summed E-state index contributed by atoms with van der Waals surface area (Å²) >= 11 is 0. The highest BCUT2D eigenvalue weighted by Gasteiger charge is 2.27. The summed E-state index contributed by atoms with van der Waals surface area (Å²) in [6.45, 7) is 28.5. The topological polar surface area (TPSA) is 0 Å². The number of rotatable bonds is 8. The zero-order valence-corrected chi connectivity index (χ0v) is 20.9. The third kappa shape index (κ3) is 21.4. The van der Waals surface area contributed by atoms with Crippen molar-refractivity contribution in [2.75, 3.05) is 95.9 Å². The van der Waals surface area contributed by atoms with Gasteiger partial charge in [0.25, 0.3) is 0 Å². The molecule has 0 amide bonds. The average Bonchev–Trinajstić information content (AvgIpc) is 2.54. The Morgan fingerprint density at radius 1 is 0.462 bits per heavy atom. The number of hydrogen-bond acceptors (Lipinski definition) is 0. The Hall–Kier alpha value is -0.680. The molecule has 0 saturated heterocycles. The highest BCUT2D eigenvalue weighted by Crippen LogP contribution is 2.09. The third-order valence-corrected chi connectivity index (χ3v) is 4.40. The number of quaternary nitrogens is 4. The molecule has 0 spiro atoms. The molecule has 160 valence electrons. The molecule has 0 atom stereocenters. The molecule has 0 aliphatic rings. The zero-order valence-electron chi connectivity index (χ0n) is 20.9. The SMILES string of the molecule is C=C.C=C.CC[N+](C)(C)C[N+](C)(C)C.CC[N+](CC)(CC)C[N+](C)(C)C. The standard InChI is InChI=1S/C10H26N2.C8H22N2.2C2H4/c1-7-12(8-2,9-3)10-11(4,5)6;1-7-10(5,6)8-9(2,3)4;2*1-2/h7-10H2,1-6H3;7-8H2,1-6H3;2*1-2H2/q2*+2;;. The van der Waals surface area contributed by atoms with Gasteiger partial charge in [0.15, 0.2) is 0 Å². The lowest BCUT2D eigenvalue weighted by Gasteiger charge is -2.40. The lowest BCUT2D eigenvalue weighted by atomic mass is 10.3. The number of hydrogen-bond donors (Lipinski definition) is 0. The Morgan fingerprint density at radius 3 is 0.808 bits per heavy atom. The summed E-state index contributed by atoms with van der Waals surface area (Å²) in [6, 6.07) is 0. The van der Waals surface area contributed by atoms with Crippen LogP contribution in [-0.4, -0.2) is 114 Å². The molecule has 0 aliphatic carbocycles. The van der Waals surface area contributed by atoms with Crippen LogP contribution in [0.2, 0.25) is 0 Å². The van der Waals surface area contributed by atoms with E-state index in [-0.39, 0.29) is 0 Å². The van der Waals surface area contributed by atoms with Gasteiger partial charge in [-0.2, -0.15) is 0 Å². The monoisotopic (exact) mass is 376 g/mol. The molecular formula is C22H56N4+4. The molecule has 0 radical (unpaired) electrons. The molecule has 0 aromatic rings. The lowest BCUT2D eigenvalue weighted by Crippen LogP contribution is -2.58. The predicted molar refractivity (Wildman–Crippen MR) is 123 cm³/mol.